The molecule has 1 aromatic rings. The molecule has 28 heavy (non-hydrogen) atoms. The lowest BCUT2D eigenvalue weighted by Gasteiger charge is -2.37. The van der Waals surface area contributed by atoms with Crippen LogP contribution < -0.4 is 14.9 Å². The van der Waals surface area contributed by atoms with Crippen LogP contribution in [0.1, 0.15) is 35.2 Å². The Morgan fingerprint density at radius 2 is 2.04 bits per heavy atom. The predicted octanol–water partition coefficient (Wildman–Crippen LogP) is 1.70. The molecular formula is C19H30ClN3O4S. The van der Waals surface area contributed by atoms with E-state index in [2.05, 4.69) is 10.6 Å². The normalized spacial score (nSPS) is 20.4. The van der Waals surface area contributed by atoms with Crippen molar-refractivity contribution in [1.29, 1.82) is 0 Å². The summed E-state index contributed by atoms with van der Waals surface area (Å²) in [6.07, 6.45) is 2.57. The molecule has 0 aliphatic carbocycles. The number of nitrogens with one attached hydrogen (secondary N) is 2. The van der Waals surface area contributed by atoms with Gasteiger partial charge in [-0.2, -0.15) is 0 Å². The van der Waals surface area contributed by atoms with E-state index < -0.39 is 10.0 Å². The number of aryl methyl sites for hydroxylation is 1. The number of sulfonamides is 1. The SMILES string of the molecule is COCC1(CNC(=O)c2ccc(N3CCCS3(=O)=O)cc2C)CCNCC1.Cl. The van der Waals surface area contributed by atoms with Gasteiger partial charge in [0.1, 0.15) is 0 Å². The van der Waals surface area contributed by atoms with Gasteiger partial charge in [0.05, 0.1) is 18.0 Å². The Hall–Kier alpha value is -1.35. The molecule has 0 atom stereocenters. The molecule has 2 fully saturated rings. The predicted molar refractivity (Wildman–Crippen MR) is 113 cm³/mol. The number of rotatable bonds is 6. The Balaban J connectivity index is 0.00000280. The molecular weight excluding hydrogens is 402 g/mol. The number of carbonyl (C=O) groups is 1. The van der Waals surface area contributed by atoms with Crippen molar-refractivity contribution < 1.29 is 17.9 Å². The zero-order valence-electron chi connectivity index (χ0n) is 16.5. The maximum Gasteiger partial charge on any atom is 0.251 e. The molecule has 2 N–H and O–H groups in total. The summed E-state index contributed by atoms with van der Waals surface area (Å²) in [7, 11) is -1.52. The van der Waals surface area contributed by atoms with E-state index in [1.807, 2.05) is 6.92 Å². The summed E-state index contributed by atoms with van der Waals surface area (Å²) in [5.41, 5.74) is 1.96. The van der Waals surface area contributed by atoms with Crippen molar-refractivity contribution in [2.75, 3.05) is 50.0 Å². The fourth-order valence-electron chi connectivity index (χ4n) is 3.99. The summed E-state index contributed by atoms with van der Waals surface area (Å²) >= 11 is 0. The third-order valence-corrected chi connectivity index (χ3v) is 7.45. The lowest BCUT2D eigenvalue weighted by atomic mass is 9.79. The van der Waals surface area contributed by atoms with Gasteiger partial charge >= 0.3 is 0 Å². The van der Waals surface area contributed by atoms with E-state index in [9.17, 15) is 13.2 Å². The van der Waals surface area contributed by atoms with Crippen molar-refractivity contribution in [3.05, 3.63) is 29.3 Å². The first-order valence-corrected chi connectivity index (χ1v) is 11.1. The number of hydrogen-bond donors (Lipinski definition) is 2. The van der Waals surface area contributed by atoms with Gasteiger partial charge in [0.2, 0.25) is 10.0 Å². The van der Waals surface area contributed by atoms with Crippen LogP contribution >= 0.6 is 12.4 Å². The second-order valence-electron chi connectivity index (χ2n) is 7.61. The topological polar surface area (TPSA) is 87.7 Å². The fraction of sp³-hybridized carbons (Fsp3) is 0.632. The Bertz CT molecular complexity index is 789. The third-order valence-electron chi connectivity index (χ3n) is 5.58. The number of anilines is 1. The monoisotopic (exact) mass is 431 g/mol. The third kappa shape index (κ3) is 4.97. The average molecular weight is 432 g/mol. The van der Waals surface area contributed by atoms with Crippen molar-refractivity contribution in [2.24, 2.45) is 5.41 Å². The highest BCUT2D eigenvalue weighted by molar-refractivity contribution is 7.93. The van der Waals surface area contributed by atoms with E-state index >= 15 is 0 Å². The first-order valence-electron chi connectivity index (χ1n) is 9.46. The first kappa shape index (κ1) is 22.9. The van der Waals surface area contributed by atoms with Crippen LogP contribution in [-0.2, 0) is 14.8 Å². The number of methoxy groups -OCH3 is 1. The van der Waals surface area contributed by atoms with E-state index in [1.54, 1.807) is 25.3 Å². The highest BCUT2D eigenvalue weighted by Gasteiger charge is 2.33. The number of piperidine rings is 1. The van der Waals surface area contributed by atoms with E-state index in [0.717, 1.165) is 31.5 Å². The molecule has 2 saturated heterocycles. The Labute approximate surface area is 173 Å². The molecule has 158 valence electrons. The highest BCUT2D eigenvalue weighted by Crippen LogP contribution is 2.29. The maximum absolute atomic E-state index is 12.7. The minimum atomic E-state index is -3.22. The summed E-state index contributed by atoms with van der Waals surface area (Å²) < 4.78 is 31.0. The van der Waals surface area contributed by atoms with Crippen LogP contribution in [0.25, 0.3) is 0 Å². The highest BCUT2D eigenvalue weighted by atomic mass is 35.5. The summed E-state index contributed by atoms with van der Waals surface area (Å²) in [4.78, 5) is 12.7. The van der Waals surface area contributed by atoms with Gasteiger partial charge < -0.3 is 15.4 Å². The van der Waals surface area contributed by atoms with Crippen molar-refractivity contribution in [2.45, 2.75) is 26.2 Å². The quantitative estimate of drug-likeness (QED) is 0.715. The van der Waals surface area contributed by atoms with Gasteiger partial charge in [0.15, 0.2) is 0 Å². The van der Waals surface area contributed by atoms with Gasteiger partial charge in [-0.05, 0) is 63.0 Å². The van der Waals surface area contributed by atoms with E-state index in [0.29, 0.717) is 37.4 Å². The second-order valence-corrected chi connectivity index (χ2v) is 9.62. The molecule has 2 heterocycles. The van der Waals surface area contributed by atoms with E-state index in [1.165, 1.54) is 4.31 Å². The smallest absolute Gasteiger partial charge is 0.251 e. The minimum absolute atomic E-state index is 0. The molecule has 1 amide bonds. The van der Waals surface area contributed by atoms with Crippen LogP contribution in [-0.4, -0.2) is 60.0 Å². The molecule has 9 heteroatoms. The zero-order valence-corrected chi connectivity index (χ0v) is 18.1. The summed E-state index contributed by atoms with van der Waals surface area (Å²) in [6.45, 7) is 5.40. The van der Waals surface area contributed by atoms with Gasteiger partial charge in [0, 0.05) is 31.2 Å². The number of hydrogen-bond acceptors (Lipinski definition) is 5. The average Bonchev–Trinajstić information content (AvgIpc) is 3.00. The van der Waals surface area contributed by atoms with Crippen molar-refractivity contribution in [3.8, 4) is 0 Å². The number of ether oxygens (including phenoxy) is 1. The summed E-state index contributed by atoms with van der Waals surface area (Å²) in [6, 6.07) is 5.23. The minimum Gasteiger partial charge on any atom is -0.384 e. The van der Waals surface area contributed by atoms with Gasteiger partial charge in [-0.25, -0.2) is 8.42 Å². The number of carbonyl (C=O) groups excluding carboxylic acids is 1. The van der Waals surface area contributed by atoms with E-state index in [4.69, 9.17) is 4.74 Å². The number of benzene rings is 1. The van der Waals surface area contributed by atoms with Crippen LogP contribution in [0.15, 0.2) is 18.2 Å². The molecule has 3 rings (SSSR count). The summed E-state index contributed by atoms with van der Waals surface area (Å²) in [5, 5.41) is 6.41. The van der Waals surface area contributed by atoms with Gasteiger partial charge in [0.25, 0.3) is 5.91 Å². The molecule has 0 unspecified atom stereocenters. The van der Waals surface area contributed by atoms with Crippen LogP contribution in [0.5, 0.6) is 0 Å². The molecule has 0 aromatic heterocycles. The molecule has 1 aromatic carbocycles. The van der Waals surface area contributed by atoms with Crippen LogP contribution in [0.4, 0.5) is 5.69 Å². The van der Waals surface area contributed by atoms with Gasteiger partial charge in [-0.1, -0.05) is 0 Å². The molecule has 0 radical (unpaired) electrons. The largest absolute Gasteiger partial charge is 0.384 e. The summed E-state index contributed by atoms with van der Waals surface area (Å²) in [5.74, 6) is 0.0578. The van der Waals surface area contributed by atoms with Crippen molar-refractivity contribution in [3.63, 3.8) is 0 Å². The van der Waals surface area contributed by atoms with Gasteiger partial charge in [-0.15, -0.1) is 12.4 Å². The lowest BCUT2D eigenvalue weighted by molar-refractivity contribution is 0.0511. The Morgan fingerprint density at radius 1 is 1.32 bits per heavy atom. The molecule has 2 aliphatic rings. The number of amides is 1. The van der Waals surface area contributed by atoms with Crippen LogP contribution in [0.2, 0.25) is 0 Å². The second kappa shape index (κ2) is 9.43. The fourth-order valence-corrected chi connectivity index (χ4v) is 5.54. The number of halogens is 1. The van der Waals surface area contributed by atoms with E-state index in [-0.39, 0.29) is 29.5 Å². The van der Waals surface area contributed by atoms with Gasteiger partial charge in [-0.3, -0.25) is 9.10 Å². The van der Waals surface area contributed by atoms with Crippen molar-refractivity contribution in [1.82, 2.24) is 10.6 Å². The zero-order chi connectivity index (χ0) is 19.5. The molecule has 0 saturated carbocycles. The standard InChI is InChI=1S/C19H29N3O4S.ClH/c1-15-12-16(22-10-3-11-27(22,24)25)4-5-17(15)18(23)21-13-19(14-26-2)6-8-20-9-7-19;/h4-5,12,20H,3,6-11,13-14H2,1-2H3,(H,21,23);1H. The first-order chi connectivity index (χ1) is 12.9. The van der Waals surface area contributed by atoms with Crippen LogP contribution in [0.3, 0.4) is 0 Å². The molecule has 0 bridgehead atoms. The Morgan fingerprint density at radius 3 is 2.61 bits per heavy atom. The molecule has 2 aliphatic heterocycles. The molecule has 0 spiro atoms. The molecule has 7 nitrogen and oxygen atoms in total. The maximum atomic E-state index is 12.7. The number of nitrogens with zero attached hydrogens (tertiary/aromatic N) is 1. The van der Waals surface area contributed by atoms with Crippen molar-refractivity contribution >= 4 is 34.0 Å². The Kier molecular flexibility index (Phi) is 7.73. The van der Waals surface area contributed by atoms with Crippen LogP contribution in [0, 0.1) is 12.3 Å². The lowest BCUT2D eigenvalue weighted by Crippen LogP contribution is -2.47.